The molecule has 0 saturated heterocycles. The van der Waals surface area contributed by atoms with Gasteiger partial charge in [0.15, 0.2) is 0 Å². The second kappa shape index (κ2) is 28.0. The van der Waals surface area contributed by atoms with E-state index in [2.05, 4.69) is 348 Å². The number of fused-ring (bicyclic) bond motifs is 27. The van der Waals surface area contributed by atoms with Crippen molar-refractivity contribution in [2.45, 2.75) is 41.5 Å². The first kappa shape index (κ1) is 69.9. The van der Waals surface area contributed by atoms with Crippen molar-refractivity contribution in [2.24, 2.45) is 0 Å². The molecule has 0 aliphatic rings. The molecule has 0 amide bonds. The maximum absolute atomic E-state index is 4.72. The molecule has 6 aromatic heterocycles. The molecule has 0 atom stereocenters. The molecule has 24 rings (SSSR count). The summed E-state index contributed by atoms with van der Waals surface area (Å²) in [6, 6.07) is 107. The zero-order chi connectivity index (χ0) is 78.3. The monoisotopic (exact) mass is 1550 g/mol. The fourth-order valence-corrected chi connectivity index (χ4v) is 21.7. The van der Waals surface area contributed by atoms with Gasteiger partial charge in [-0.3, -0.25) is 29.9 Å². The average Bonchev–Trinajstić information content (AvgIpc) is 1.68. The summed E-state index contributed by atoms with van der Waals surface area (Å²) in [5, 5.41) is 22.2. The highest BCUT2D eigenvalue weighted by Gasteiger charge is 2.20. The molecule has 0 saturated carbocycles. The summed E-state index contributed by atoms with van der Waals surface area (Å²) in [7, 11) is 0. The average molecular weight is 1550 g/mol. The molecule has 0 N–H and O–H groups in total. The molecule has 6 nitrogen and oxygen atoms in total. The smallest absolute Gasteiger partial charge is 0.0971 e. The Kier molecular flexibility index (Phi) is 16.7. The Hall–Kier alpha value is -13.8. The summed E-state index contributed by atoms with van der Waals surface area (Å²) in [4.78, 5) is 28.1. The van der Waals surface area contributed by atoms with Gasteiger partial charge in [0.05, 0.1) is 33.1 Å². The van der Waals surface area contributed by atoms with E-state index < -0.39 is 0 Å². The number of thiophene rings is 3. The summed E-state index contributed by atoms with van der Waals surface area (Å²) in [6.45, 7) is 13.3. The third-order valence-corrected chi connectivity index (χ3v) is 27.9. The maximum atomic E-state index is 4.72. The van der Waals surface area contributed by atoms with E-state index in [-0.39, 0.29) is 0 Å². The van der Waals surface area contributed by atoms with Gasteiger partial charge in [-0.25, -0.2) is 0 Å². The van der Waals surface area contributed by atoms with Crippen LogP contribution in [0.5, 0.6) is 0 Å². The van der Waals surface area contributed by atoms with Gasteiger partial charge >= 0.3 is 0 Å². The van der Waals surface area contributed by atoms with Gasteiger partial charge in [-0.2, -0.15) is 0 Å². The number of benzene rings is 18. The minimum absolute atomic E-state index is 0.952. The number of hydrogen-bond acceptors (Lipinski definition) is 9. The van der Waals surface area contributed by atoms with Crippen LogP contribution in [0.1, 0.15) is 33.4 Å². The van der Waals surface area contributed by atoms with Gasteiger partial charge in [-0.1, -0.05) is 211 Å². The van der Waals surface area contributed by atoms with Crippen molar-refractivity contribution in [2.75, 3.05) is 0 Å². The minimum atomic E-state index is 0.952. The van der Waals surface area contributed by atoms with Crippen molar-refractivity contribution >= 4 is 192 Å². The summed E-state index contributed by atoms with van der Waals surface area (Å²) in [5.74, 6) is 0. The highest BCUT2D eigenvalue weighted by atomic mass is 32.1. The summed E-state index contributed by atoms with van der Waals surface area (Å²) in [6.07, 6.45) is 10.7. The molecule has 0 radical (unpaired) electrons. The number of rotatable bonds is 6. The lowest BCUT2D eigenvalue weighted by atomic mass is 9.93. The van der Waals surface area contributed by atoms with E-state index in [4.69, 9.17) is 15.0 Å². The van der Waals surface area contributed by atoms with Crippen LogP contribution in [0.25, 0.3) is 225 Å². The Balaban J connectivity index is 0.000000106. The van der Waals surface area contributed by atoms with Crippen LogP contribution in [0.2, 0.25) is 0 Å². The van der Waals surface area contributed by atoms with Crippen molar-refractivity contribution < 1.29 is 0 Å². The van der Waals surface area contributed by atoms with Gasteiger partial charge in [0.25, 0.3) is 0 Å². The van der Waals surface area contributed by atoms with Crippen LogP contribution in [0, 0.1) is 41.5 Å². The Bertz CT molecular complexity index is 8210. The molecule has 18 aromatic carbocycles. The fraction of sp³-hybridized carbons (Fsp3) is 0.0556. The molecular weight excluding hydrogens is 1480 g/mol. The van der Waals surface area contributed by atoms with Gasteiger partial charge in [0.2, 0.25) is 0 Å². The van der Waals surface area contributed by atoms with Crippen LogP contribution in [-0.4, -0.2) is 29.9 Å². The zero-order valence-corrected chi connectivity index (χ0v) is 67.5. The molecule has 6 heterocycles. The minimum Gasteiger partial charge on any atom is -0.252 e. The first-order valence-electron chi connectivity index (χ1n) is 39.7. The predicted molar refractivity (Wildman–Crippen MR) is 503 cm³/mol. The van der Waals surface area contributed by atoms with E-state index in [1.807, 2.05) is 34.0 Å². The predicted octanol–water partition coefficient (Wildman–Crippen LogP) is 30.8. The topological polar surface area (TPSA) is 77.3 Å². The number of nitrogens with zero attached hydrogens (tertiary/aromatic N) is 6. The van der Waals surface area contributed by atoms with Crippen LogP contribution in [0.3, 0.4) is 0 Å². The number of hydrogen-bond donors (Lipinski definition) is 0. The molecule has 0 fully saturated rings. The normalized spacial score (nSPS) is 11.8. The summed E-state index contributed by atoms with van der Waals surface area (Å²) in [5.41, 5.74) is 28.4. The van der Waals surface area contributed by atoms with Crippen LogP contribution in [0.4, 0.5) is 0 Å². The fourth-order valence-electron chi connectivity index (χ4n) is 18.2. The summed E-state index contributed by atoms with van der Waals surface area (Å²) < 4.78 is 8.24. The molecule has 552 valence electrons. The molecular formula is C108H72N6S3. The maximum Gasteiger partial charge on any atom is 0.0971 e. The molecule has 9 heteroatoms. The van der Waals surface area contributed by atoms with Crippen molar-refractivity contribution in [1.82, 2.24) is 29.9 Å². The van der Waals surface area contributed by atoms with Crippen LogP contribution in [-0.2, 0) is 0 Å². The van der Waals surface area contributed by atoms with E-state index in [1.165, 1.54) is 193 Å². The molecule has 24 aromatic rings. The molecule has 0 unspecified atom stereocenters. The van der Waals surface area contributed by atoms with Crippen LogP contribution in [0.15, 0.2) is 328 Å². The highest BCUT2D eigenvalue weighted by Crippen LogP contribution is 2.47. The highest BCUT2D eigenvalue weighted by molar-refractivity contribution is 7.27. The van der Waals surface area contributed by atoms with Crippen LogP contribution >= 0.6 is 34.0 Å². The SMILES string of the molecule is Cc1cc(C)c2sc3c(C)cc(-c4cccc(-c5ccc6c(c5)c5ccccc5c5nccnc65)c4)cc3c2c1.Cc1ccc2sc3ccc(-c4cccc(-c5ccc6c(c5)c5ccccc5c5nccnc65)c4)cc3c2c1.Cc1cccc2c1sc1c(C)cc(-c3cccc(-c4ccc5c(c4)c4ccccc4c4nccnc54)c3)cc12. The van der Waals surface area contributed by atoms with E-state index in [0.29, 0.717) is 0 Å². The molecule has 0 spiro atoms. The van der Waals surface area contributed by atoms with E-state index in [9.17, 15) is 0 Å². The quantitative estimate of drug-likeness (QED) is 0.154. The largest absolute Gasteiger partial charge is 0.252 e. The van der Waals surface area contributed by atoms with Gasteiger partial charge in [-0.05, 0) is 254 Å². The van der Waals surface area contributed by atoms with E-state index in [1.54, 1.807) is 37.2 Å². The Morgan fingerprint density at radius 1 is 0.162 bits per heavy atom. The van der Waals surface area contributed by atoms with E-state index in [0.717, 1.165) is 65.4 Å². The van der Waals surface area contributed by atoms with Gasteiger partial charge in [0, 0.05) is 130 Å². The van der Waals surface area contributed by atoms with Crippen molar-refractivity contribution in [3.63, 3.8) is 0 Å². The Morgan fingerprint density at radius 2 is 0.444 bits per heavy atom. The Morgan fingerprint density at radius 3 is 0.863 bits per heavy atom. The third-order valence-electron chi connectivity index (χ3n) is 23.7. The lowest BCUT2D eigenvalue weighted by Gasteiger charge is -2.12. The van der Waals surface area contributed by atoms with Crippen molar-refractivity contribution in [3.05, 3.63) is 362 Å². The molecule has 117 heavy (non-hydrogen) atoms. The lowest BCUT2D eigenvalue weighted by Crippen LogP contribution is -1.89. The molecule has 0 aliphatic heterocycles. The Labute approximate surface area is 687 Å². The summed E-state index contributed by atoms with van der Waals surface area (Å²) >= 11 is 5.70. The van der Waals surface area contributed by atoms with Gasteiger partial charge < -0.3 is 0 Å². The lowest BCUT2D eigenvalue weighted by molar-refractivity contribution is 1.31. The first-order chi connectivity index (χ1) is 57.4. The number of aryl methyl sites for hydroxylation is 6. The second-order valence-electron chi connectivity index (χ2n) is 31.2. The molecule has 0 bridgehead atoms. The van der Waals surface area contributed by atoms with Gasteiger partial charge in [-0.15, -0.1) is 34.0 Å². The zero-order valence-electron chi connectivity index (χ0n) is 65.1. The second-order valence-corrected chi connectivity index (χ2v) is 34.3. The third kappa shape index (κ3) is 11.9. The van der Waals surface area contributed by atoms with Gasteiger partial charge in [0.1, 0.15) is 0 Å². The standard InChI is InChI=1S/C37H26N2S.C36H24N2S.C35H22N2S/c1-21-15-22(2)36-32(16-21)33-20-27(17-23(3)37(33)40-36)25-8-6-7-24(18-25)26-11-12-30-31(19-26)28-9-4-5-10-29(28)34-35(30)39-14-13-38-34;1-21-7-5-12-30-32-20-26(17-22(2)36(32)39-35(21)30)24-9-6-8-23(18-24)25-13-14-29-31(19-25)27-10-3-4-11-28(27)33-34(29)38-16-15-37-33;1-21-9-13-32-30(17-21)31-20-25(11-14-33(31)38-32)23-6-4-5-22(18-23)24-10-12-28-29(19-24)26-7-2-3-8-27(26)34-35(28)37-16-15-36-34/h4-20H,1-3H3;3-20H,1-2H3;2-20H,1H3. The molecule has 0 aliphatic carbocycles. The van der Waals surface area contributed by atoms with E-state index >= 15 is 0 Å². The van der Waals surface area contributed by atoms with Crippen LogP contribution < -0.4 is 0 Å². The first-order valence-corrected chi connectivity index (χ1v) is 42.2. The van der Waals surface area contributed by atoms with Crippen molar-refractivity contribution in [3.8, 4) is 66.8 Å². The van der Waals surface area contributed by atoms with Crippen molar-refractivity contribution in [1.29, 1.82) is 0 Å². The number of aromatic nitrogens is 6.